The number of aromatic nitrogens is 1. The minimum Gasteiger partial charge on any atom is -0.493 e. The first kappa shape index (κ1) is 15.1. The standard InChI is InChI=1S/C18H13ClN2O2/c1-22-17-9-12(10-20)4-7-16(17)23-11-13-5-6-15(19)14-3-2-8-21-18(13)14/h2-9H,11H2,1H3. The summed E-state index contributed by atoms with van der Waals surface area (Å²) in [6.07, 6.45) is 1.73. The first-order chi connectivity index (χ1) is 11.2. The van der Waals surface area contributed by atoms with Crippen molar-refractivity contribution in [3.63, 3.8) is 0 Å². The predicted octanol–water partition coefficient (Wildman–Crippen LogP) is 4.35. The number of nitriles is 1. The molecule has 0 atom stereocenters. The van der Waals surface area contributed by atoms with Crippen molar-refractivity contribution in [2.75, 3.05) is 7.11 Å². The molecular weight excluding hydrogens is 312 g/mol. The number of hydrogen-bond acceptors (Lipinski definition) is 4. The summed E-state index contributed by atoms with van der Waals surface area (Å²) in [6, 6.07) is 14.6. The Kier molecular flexibility index (Phi) is 4.31. The molecule has 3 rings (SSSR count). The maximum atomic E-state index is 8.93. The van der Waals surface area contributed by atoms with Crippen LogP contribution in [0.2, 0.25) is 5.02 Å². The second kappa shape index (κ2) is 6.55. The summed E-state index contributed by atoms with van der Waals surface area (Å²) in [6.45, 7) is 0.326. The lowest BCUT2D eigenvalue weighted by atomic mass is 10.1. The van der Waals surface area contributed by atoms with Crippen molar-refractivity contribution in [1.29, 1.82) is 5.26 Å². The van der Waals surface area contributed by atoms with Crippen molar-refractivity contribution in [2.45, 2.75) is 6.61 Å². The molecule has 0 aliphatic rings. The zero-order valence-corrected chi connectivity index (χ0v) is 13.2. The molecule has 0 aliphatic carbocycles. The summed E-state index contributed by atoms with van der Waals surface area (Å²) < 4.78 is 11.1. The van der Waals surface area contributed by atoms with Crippen LogP contribution in [0.4, 0.5) is 0 Å². The van der Waals surface area contributed by atoms with E-state index in [2.05, 4.69) is 11.1 Å². The second-order valence-corrected chi connectivity index (χ2v) is 5.28. The average molecular weight is 325 g/mol. The van der Waals surface area contributed by atoms with Gasteiger partial charge in [0.05, 0.1) is 24.3 Å². The third kappa shape index (κ3) is 3.05. The molecule has 0 radical (unpaired) electrons. The van der Waals surface area contributed by atoms with E-state index in [-0.39, 0.29) is 0 Å². The van der Waals surface area contributed by atoms with Crippen molar-refractivity contribution in [2.24, 2.45) is 0 Å². The molecule has 5 heteroatoms. The number of rotatable bonds is 4. The van der Waals surface area contributed by atoms with Crippen LogP contribution in [0.15, 0.2) is 48.7 Å². The van der Waals surface area contributed by atoms with Crippen LogP contribution < -0.4 is 9.47 Å². The van der Waals surface area contributed by atoms with Gasteiger partial charge in [0, 0.05) is 28.2 Å². The van der Waals surface area contributed by atoms with Crippen molar-refractivity contribution in [3.8, 4) is 17.6 Å². The summed E-state index contributed by atoms with van der Waals surface area (Å²) in [5.41, 5.74) is 2.26. The van der Waals surface area contributed by atoms with Gasteiger partial charge in [-0.15, -0.1) is 0 Å². The fourth-order valence-corrected chi connectivity index (χ4v) is 2.54. The van der Waals surface area contributed by atoms with Crippen LogP contribution in [-0.4, -0.2) is 12.1 Å². The zero-order chi connectivity index (χ0) is 16.2. The number of benzene rings is 2. The van der Waals surface area contributed by atoms with E-state index < -0.39 is 0 Å². The van der Waals surface area contributed by atoms with E-state index in [1.54, 1.807) is 31.5 Å². The molecule has 0 unspecified atom stereocenters. The van der Waals surface area contributed by atoms with E-state index in [0.29, 0.717) is 28.7 Å². The molecule has 1 heterocycles. The van der Waals surface area contributed by atoms with Crippen molar-refractivity contribution < 1.29 is 9.47 Å². The van der Waals surface area contributed by atoms with Gasteiger partial charge in [0.15, 0.2) is 11.5 Å². The minimum atomic E-state index is 0.326. The third-order valence-corrected chi connectivity index (χ3v) is 3.81. The molecule has 114 valence electrons. The quantitative estimate of drug-likeness (QED) is 0.716. The summed E-state index contributed by atoms with van der Waals surface area (Å²) >= 11 is 6.20. The maximum Gasteiger partial charge on any atom is 0.162 e. The fraction of sp³-hybridized carbons (Fsp3) is 0.111. The third-order valence-electron chi connectivity index (χ3n) is 3.48. The highest BCUT2D eigenvalue weighted by Gasteiger charge is 2.09. The average Bonchev–Trinajstić information content (AvgIpc) is 2.61. The highest BCUT2D eigenvalue weighted by molar-refractivity contribution is 6.35. The molecule has 1 aromatic heterocycles. The number of hydrogen-bond donors (Lipinski definition) is 0. The Morgan fingerprint density at radius 3 is 2.83 bits per heavy atom. The molecule has 0 bridgehead atoms. The van der Waals surface area contributed by atoms with Crippen LogP contribution in [0.25, 0.3) is 10.9 Å². The minimum absolute atomic E-state index is 0.326. The van der Waals surface area contributed by atoms with Gasteiger partial charge in [-0.2, -0.15) is 5.26 Å². The van der Waals surface area contributed by atoms with E-state index in [1.165, 1.54) is 0 Å². The van der Waals surface area contributed by atoms with E-state index in [1.807, 2.05) is 24.3 Å². The van der Waals surface area contributed by atoms with E-state index >= 15 is 0 Å². The van der Waals surface area contributed by atoms with Gasteiger partial charge >= 0.3 is 0 Å². The van der Waals surface area contributed by atoms with Crippen LogP contribution in [0.3, 0.4) is 0 Å². The highest BCUT2D eigenvalue weighted by atomic mass is 35.5. The summed E-state index contributed by atoms with van der Waals surface area (Å²) in [4.78, 5) is 4.39. The Morgan fingerprint density at radius 1 is 1.17 bits per heavy atom. The smallest absolute Gasteiger partial charge is 0.162 e. The monoisotopic (exact) mass is 324 g/mol. The topological polar surface area (TPSA) is 55.1 Å². The van der Waals surface area contributed by atoms with Gasteiger partial charge in [-0.05, 0) is 30.3 Å². The van der Waals surface area contributed by atoms with Gasteiger partial charge in [-0.1, -0.05) is 17.7 Å². The van der Waals surface area contributed by atoms with Crippen LogP contribution in [0.1, 0.15) is 11.1 Å². The maximum absolute atomic E-state index is 8.93. The lowest BCUT2D eigenvalue weighted by Gasteiger charge is -2.12. The summed E-state index contributed by atoms with van der Waals surface area (Å²) in [7, 11) is 1.54. The molecule has 0 saturated heterocycles. The zero-order valence-electron chi connectivity index (χ0n) is 12.4. The number of nitrogens with zero attached hydrogens (tertiary/aromatic N) is 2. The van der Waals surface area contributed by atoms with E-state index in [0.717, 1.165) is 16.5 Å². The Balaban J connectivity index is 1.90. The lowest BCUT2D eigenvalue weighted by molar-refractivity contribution is 0.285. The Hall–Kier alpha value is -2.77. The van der Waals surface area contributed by atoms with E-state index in [4.69, 9.17) is 26.3 Å². The van der Waals surface area contributed by atoms with Crippen molar-refractivity contribution >= 4 is 22.5 Å². The van der Waals surface area contributed by atoms with Gasteiger partial charge in [-0.25, -0.2) is 0 Å². The number of halogens is 1. The summed E-state index contributed by atoms with van der Waals surface area (Å²) in [5, 5.41) is 10.5. The largest absolute Gasteiger partial charge is 0.493 e. The van der Waals surface area contributed by atoms with Crippen molar-refractivity contribution in [1.82, 2.24) is 4.98 Å². The summed E-state index contributed by atoms with van der Waals surface area (Å²) in [5.74, 6) is 1.10. The van der Waals surface area contributed by atoms with Crippen LogP contribution in [-0.2, 0) is 6.61 Å². The number of methoxy groups -OCH3 is 1. The fourth-order valence-electron chi connectivity index (χ4n) is 2.32. The van der Waals surface area contributed by atoms with Gasteiger partial charge < -0.3 is 9.47 Å². The first-order valence-electron chi connectivity index (χ1n) is 6.96. The SMILES string of the molecule is COc1cc(C#N)ccc1OCc1ccc(Cl)c2cccnc12. The number of pyridine rings is 1. The predicted molar refractivity (Wildman–Crippen MR) is 88.8 cm³/mol. The van der Waals surface area contributed by atoms with Gasteiger partial charge in [0.2, 0.25) is 0 Å². The lowest BCUT2D eigenvalue weighted by Crippen LogP contribution is -1.99. The molecule has 0 amide bonds. The molecule has 2 aromatic carbocycles. The first-order valence-corrected chi connectivity index (χ1v) is 7.34. The highest BCUT2D eigenvalue weighted by Crippen LogP contribution is 2.30. The Labute approximate surface area is 138 Å². The van der Waals surface area contributed by atoms with Gasteiger partial charge in [-0.3, -0.25) is 4.98 Å². The Bertz CT molecular complexity index is 903. The normalized spacial score (nSPS) is 10.3. The molecule has 0 aliphatic heterocycles. The van der Waals surface area contributed by atoms with Gasteiger partial charge in [0.1, 0.15) is 6.61 Å². The number of ether oxygens (including phenoxy) is 2. The molecule has 0 saturated carbocycles. The molecule has 3 aromatic rings. The molecule has 0 fully saturated rings. The molecule has 23 heavy (non-hydrogen) atoms. The number of fused-ring (bicyclic) bond motifs is 1. The molecular formula is C18H13ClN2O2. The van der Waals surface area contributed by atoms with Gasteiger partial charge in [0.25, 0.3) is 0 Å². The van der Waals surface area contributed by atoms with Crippen LogP contribution in [0.5, 0.6) is 11.5 Å². The molecule has 0 N–H and O–H groups in total. The van der Waals surface area contributed by atoms with Crippen LogP contribution >= 0.6 is 11.6 Å². The molecule has 0 spiro atoms. The van der Waals surface area contributed by atoms with Crippen molar-refractivity contribution in [3.05, 3.63) is 64.8 Å². The van der Waals surface area contributed by atoms with E-state index in [9.17, 15) is 0 Å². The molecule has 4 nitrogen and oxygen atoms in total. The second-order valence-electron chi connectivity index (χ2n) is 4.87. The Morgan fingerprint density at radius 2 is 2.04 bits per heavy atom. The van der Waals surface area contributed by atoms with Crippen LogP contribution in [0, 0.1) is 11.3 Å².